The predicted molar refractivity (Wildman–Crippen MR) is 116 cm³/mol. The molecule has 0 unspecified atom stereocenters. The maximum absolute atomic E-state index is 14.0. The molecule has 1 aliphatic rings. The highest BCUT2D eigenvalue weighted by Crippen LogP contribution is 2.25. The monoisotopic (exact) mass is 452 g/mol. The SMILES string of the molecule is C[C@H](NC(=O)C1CCN(Cc2c(F)cccc2Cl)CC1)c1ccc(S(C)(=O)=O)cc1. The van der Waals surface area contributed by atoms with Gasteiger partial charge in [0, 0.05) is 29.3 Å². The Balaban J connectivity index is 1.52. The Morgan fingerprint density at radius 1 is 1.20 bits per heavy atom. The molecule has 1 N–H and O–H groups in total. The van der Waals surface area contributed by atoms with Crippen molar-refractivity contribution in [3.8, 4) is 0 Å². The first-order chi connectivity index (χ1) is 14.1. The van der Waals surface area contributed by atoms with Gasteiger partial charge < -0.3 is 5.32 Å². The van der Waals surface area contributed by atoms with Gasteiger partial charge in [-0.15, -0.1) is 0 Å². The summed E-state index contributed by atoms with van der Waals surface area (Å²) in [5.41, 5.74) is 1.34. The number of nitrogens with zero attached hydrogens (tertiary/aromatic N) is 1. The van der Waals surface area contributed by atoms with Crippen LogP contribution in [0.1, 0.15) is 36.9 Å². The lowest BCUT2D eigenvalue weighted by Crippen LogP contribution is -2.41. The highest BCUT2D eigenvalue weighted by atomic mass is 35.5. The molecule has 162 valence electrons. The fourth-order valence-corrected chi connectivity index (χ4v) is 4.53. The normalized spacial score (nSPS) is 16.9. The minimum Gasteiger partial charge on any atom is -0.349 e. The van der Waals surface area contributed by atoms with Gasteiger partial charge in [0.15, 0.2) is 9.84 Å². The van der Waals surface area contributed by atoms with E-state index in [2.05, 4.69) is 10.2 Å². The van der Waals surface area contributed by atoms with E-state index >= 15 is 0 Å². The van der Waals surface area contributed by atoms with Gasteiger partial charge >= 0.3 is 0 Å². The molecule has 0 radical (unpaired) electrons. The first kappa shape index (κ1) is 22.7. The standard InChI is InChI=1S/C22H26ClFN2O3S/c1-15(16-6-8-18(9-7-16)30(2,28)29)25-22(27)17-10-12-26(13-11-17)14-19-20(23)4-3-5-21(19)24/h3-9,15,17H,10-14H2,1-2H3,(H,25,27)/t15-/m0/s1. The number of nitrogens with one attached hydrogen (secondary N) is 1. The number of hydrogen-bond donors (Lipinski definition) is 1. The zero-order chi connectivity index (χ0) is 21.9. The van der Waals surface area contributed by atoms with Gasteiger partial charge in [-0.3, -0.25) is 9.69 Å². The summed E-state index contributed by atoms with van der Waals surface area (Å²) in [6.07, 6.45) is 2.55. The molecule has 1 heterocycles. The Morgan fingerprint density at radius 2 is 1.83 bits per heavy atom. The quantitative estimate of drug-likeness (QED) is 0.720. The minimum atomic E-state index is -3.24. The molecule has 1 fully saturated rings. The van der Waals surface area contributed by atoms with Gasteiger partial charge in [0.1, 0.15) is 5.82 Å². The van der Waals surface area contributed by atoms with Crippen LogP contribution in [0.2, 0.25) is 5.02 Å². The smallest absolute Gasteiger partial charge is 0.223 e. The van der Waals surface area contributed by atoms with E-state index in [0.717, 1.165) is 5.56 Å². The highest BCUT2D eigenvalue weighted by Gasteiger charge is 2.26. The van der Waals surface area contributed by atoms with Crippen molar-refractivity contribution in [3.63, 3.8) is 0 Å². The third-order valence-corrected chi connectivity index (χ3v) is 7.05. The Labute approximate surface area is 182 Å². The van der Waals surface area contributed by atoms with E-state index in [4.69, 9.17) is 11.6 Å². The number of amides is 1. The topological polar surface area (TPSA) is 66.5 Å². The Kier molecular flexibility index (Phi) is 7.16. The summed E-state index contributed by atoms with van der Waals surface area (Å²) in [7, 11) is -3.24. The second kappa shape index (κ2) is 9.45. The number of benzene rings is 2. The summed E-state index contributed by atoms with van der Waals surface area (Å²) >= 11 is 6.11. The van der Waals surface area contributed by atoms with Gasteiger partial charge in [0.2, 0.25) is 5.91 Å². The lowest BCUT2D eigenvalue weighted by Gasteiger charge is -2.32. The van der Waals surface area contributed by atoms with Crippen molar-refractivity contribution in [2.45, 2.75) is 37.2 Å². The summed E-state index contributed by atoms with van der Waals surface area (Å²) in [5, 5.41) is 3.44. The molecule has 2 aromatic carbocycles. The van der Waals surface area contributed by atoms with Crippen molar-refractivity contribution < 1.29 is 17.6 Å². The molecular formula is C22H26ClFN2O3S. The van der Waals surface area contributed by atoms with E-state index in [-0.39, 0.29) is 28.6 Å². The number of carbonyl (C=O) groups is 1. The van der Waals surface area contributed by atoms with Crippen molar-refractivity contribution in [2.24, 2.45) is 5.92 Å². The molecule has 5 nitrogen and oxygen atoms in total. The van der Waals surface area contributed by atoms with Crippen LogP contribution in [0.15, 0.2) is 47.4 Å². The predicted octanol–water partition coefficient (Wildman–Crippen LogP) is 3.97. The molecule has 2 aromatic rings. The summed E-state index contributed by atoms with van der Waals surface area (Å²) in [4.78, 5) is 15.0. The molecule has 0 saturated carbocycles. The highest BCUT2D eigenvalue weighted by molar-refractivity contribution is 7.90. The van der Waals surface area contributed by atoms with Gasteiger partial charge in [0.05, 0.1) is 10.9 Å². The third kappa shape index (κ3) is 5.59. The van der Waals surface area contributed by atoms with Crippen molar-refractivity contribution >= 4 is 27.3 Å². The molecule has 3 rings (SSSR count). The number of hydrogen-bond acceptors (Lipinski definition) is 4. The second-order valence-electron chi connectivity index (χ2n) is 7.82. The Bertz CT molecular complexity index is 983. The number of rotatable bonds is 6. The second-order valence-corrected chi connectivity index (χ2v) is 10.2. The first-order valence-corrected chi connectivity index (χ1v) is 12.2. The summed E-state index contributed by atoms with van der Waals surface area (Å²) in [6.45, 7) is 3.70. The van der Waals surface area contributed by atoms with Gasteiger partial charge in [-0.05, 0) is 62.7 Å². The fraction of sp³-hybridized carbons (Fsp3) is 0.409. The van der Waals surface area contributed by atoms with Crippen LogP contribution in [0, 0.1) is 11.7 Å². The van der Waals surface area contributed by atoms with E-state index in [1.807, 2.05) is 6.92 Å². The number of halogens is 2. The molecule has 1 aliphatic heterocycles. The average molecular weight is 453 g/mol. The number of piperidine rings is 1. The molecule has 0 aliphatic carbocycles. The molecule has 8 heteroatoms. The van der Waals surface area contributed by atoms with Crippen molar-refractivity contribution in [3.05, 3.63) is 64.4 Å². The van der Waals surface area contributed by atoms with Crippen LogP contribution < -0.4 is 5.32 Å². The van der Waals surface area contributed by atoms with Crippen LogP contribution in [0.4, 0.5) is 4.39 Å². The van der Waals surface area contributed by atoms with Crippen molar-refractivity contribution in [2.75, 3.05) is 19.3 Å². The van der Waals surface area contributed by atoms with Gasteiger partial charge in [0.25, 0.3) is 0 Å². The lowest BCUT2D eigenvalue weighted by molar-refractivity contribution is -0.127. The summed E-state index contributed by atoms with van der Waals surface area (Å²) in [5.74, 6) is -0.425. The van der Waals surface area contributed by atoms with E-state index in [9.17, 15) is 17.6 Å². The first-order valence-electron chi connectivity index (χ1n) is 9.91. The molecular weight excluding hydrogens is 427 g/mol. The Morgan fingerprint density at radius 3 is 2.40 bits per heavy atom. The molecule has 1 amide bonds. The van der Waals surface area contributed by atoms with Crippen LogP contribution in [-0.2, 0) is 21.2 Å². The van der Waals surface area contributed by atoms with Crippen LogP contribution >= 0.6 is 11.6 Å². The van der Waals surface area contributed by atoms with Crippen LogP contribution in [0.3, 0.4) is 0 Å². The largest absolute Gasteiger partial charge is 0.349 e. The molecule has 0 aromatic heterocycles. The maximum Gasteiger partial charge on any atom is 0.223 e. The van der Waals surface area contributed by atoms with E-state index in [0.29, 0.717) is 43.1 Å². The van der Waals surface area contributed by atoms with Crippen LogP contribution in [0.5, 0.6) is 0 Å². The van der Waals surface area contributed by atoms with Crippen LogP contribution in [0.25, 0.3) is 0 Å². The van der Waals surface area contributed by atoms with Crippen molar-refractivity contribution in [1.82, 2.24) is 10.2 Å². The minimum absolute atomic E-state index is 0.0155. The van der Waals surface area contributed by atoms with Gasteiger partial charge in [-0.1, -0.05) is 29.8 Å². The zero-order valence-corrected chi connectivity index (χ0v) is 18.6. The summed E-state index contributed by atoms with van der Waals surface area (Å²) < 4.78 is 37.1. The molecule has 1 atom stereocenters. The number of likely N-dealkylation sites (tertiary alicyclic amines) is 1. The lowest BCUT2D eigenvalue weighted by atomic mass is 9.94. The van der Waals surface area contributed by atoms with E-state index in [1.54, 1.807) is 36.4 Å². The summed E-state index contributed by atoms with van der Waals surface area (Å²) in [6, 6.07) is 11.0. The molecule has 1 saturated heterocycles. The Hall–Kier alpha value is -1.96. The zero-order valence-electron chi connectivity index (χ0n) is 17.1. The van der Waals surface area contributed by atoms with Gasteiger partial charge in [-0.25, -0.2) is 12.8 Å². The van der Waals surface area contributed by atoms with E-state index < -0.39 is 9.84 Å². The fourth-order valence-electron chi connectivity index (χ4n) is 3.68. The van der Waals surface area contributed by atoms with Crippen LogP contribution in [-0.4, -0.2) is 38.6 Å². The molecule has 0 spiro atoms. The van der Waals surface area contributed by atoms with E-state index in [1.165, 1.54) is 12.3 Å². The van der Waals surface area contributed by atoms with Gasteiger partial charge in [-0.2, -0.15) is 0 Å². The number of sulfone groups is 1. The molecule has 30 heavy (non-hydrogen) atoms. The number of carbonyl (C=O) groups excluding carboxylic acids is 1. The average Bonchev–Trinajstić information content (AvgIpc) is 2.70. The maximum atomic E-state index is 14.0. The third-order valence-electron chi connectivity index (χ3n) is 5.57. The molecule has 0 bridgehead atoms. The van der Waals surface area contributed by atoms with Crippen molar-refractivity contribution in [1.29, 1.82) is 0 Å².